The number of hydrogen-bond acceptors (Lipinski definition) is 4. The first-order valence-corrected chi connectivity index (χ1v) is 4.67. The maximum absolute atomic E-state index is 10.9. The lowest BCUT2D eigenvalue weighted by Gasteiger charge is -1.99. The number of oxazole rings is 1. The minimum absolute atomic E-state index is 0.0528. The van der Waals surface area contributed by atoms with Gasteiger partial charge < -0.3 is 4.42 Å². The first-order chi connectivity index (χ1) is 7.77. The van der Waals surface area contributed by atoms with Crippen LogP contribution in [0.3, 0.4) is 0 Å². The normalized spacial score (nSPS) is 11.0. The van der Waals surface area contributed by atoms with Crippen LogP contribution in [0.1, 0.15) is 0 Å². The molecule has 1 aromatic heterocycles. The summed E-state index contributed by atoms with van der Waals surface area (Å²) in [5.41, 5.74) is 1.14. The summed E-state index contributed by atoms with van der Waals surface area (Å²) in [6, 6.07) is 8.50. The van der Waals surface area contributed by atoms with Gasteiger partial charge in [-0.3, -0.25) is 10.1 Å². The number of aromatic nitrogens is 1. The molecule has 3 aromatic rings. The zero-order valence-electron chi connectivity index (χ0n) is 8.08. The van der Waals surface area contributed by atoms with Crippen molar-refractivity contribution in [3.05, 3.63) is 46.8 Å². The predicted molar refractivity (Wildman–Crippen MR) is 58.2 cm³/mol. The van der Waals surface area contributed by atoms with Crippen molar-refractivity contribution in [1.29, 1.82) is 0 Å². The first kappa shape index (κ1) is 8.84. The van der Waals surface area contributed by atoms with Crippen molar-refractivity contribution in [2.75, 3.05) is 0 Å². The van der Waals surface area contributed by atoms with E-state index in [0.717, 1.165) is 0 Å². The maximum Gasteiger partial charge on any atom is 0.279 e. The van der Waals surface area contributed by atoms with Crippen molar-refractivity contribution < 1.29 is 9.34 Å². The molecule has 0 aliphatic carbocycles. The van der Waals surface area contributed by atoms with Gasteiger partial charge >= 0.3 is 0 Å². The lowest BCUT2D eigenvalue weighted by Crippen LogP contribution is -1.89. The lowest BCUT2D eigenvalue weighted by molar-refractivity contribution is -0.382. The van der Waals surface area contributed by atoms with E-state index in [9.17, 15) is 10.1 Å². The topological polar surface area (TPSA) is 69.2 Å². The predicted octanol–water partition coefficient (Wildman–Crippen LogP) is 2.89. The van der Waals surface area contributed by atoms with E-state index < -0.39 is 4.92 Å². The molecule has 0 spiro atoms. The van der Waals surface area contributed by atoms with Gasteiger partial charge in [0, 0.05) is 11.5 Å². The average molecular weight is 214 g/mol. The number of fused-ring (bicyclic) bond motifs is 3. The van der Waals surface area contributed by atoms with Crippen LogP contribution in [-0.2, 0) is 0 Å². The summed E-state index contributed by atoms with van der Waals surface area (Å²) in [7, 11) is 0. The minimum atomic E-state index is -0.406. The molecular formula is C11H6N2O3. The summed E-state index contributed by atoms with van der Waals surface area (Å²) in [5, 5.41) is 12.2. The molecule has 0 N–H and O–H groups in total. The van der Waals surface area contributed by atoms with Gasteiger partial charge in [-0.05, 0) is 6.07 Å². The summed E-state index contributed by atoms with van der Waals surface area (Å²) in [5.74, 6) is 0. The molecule has 78 valence electrons. The molecule has 5 heteroatoms. The SMILES string of the molecule is O=[N+]([O-])c1cc2ncoc2c2ccccc12. The smallest absolute Gasteiger partial charge is 0.279 e. The van der Waals surface area contributed by atoms with E-state index >= 15 is 0 Å². The summed E-state index contributed by atoms with van der Waals surface area (Å²) < 4.78 is 5.23. The zero-order valence-corrected chi connectivity index (χ0v) is 8.08. The molecule has 0 atom stereocenters. The first-order valence-electron chi connectivity index (χ1n) is 4.67. The summed E-state index contributed by atoms with van der Waals surface area (Å²) in [6.45, 7) is 0. The quantitative estimate of drug-likeness (QED) is 0.461. The molecule has 0 aliphatic heterocycles. The van der Waals surface area contributed by atoms with Crippen LogP contribution in [0.2, 0.25) is 0 Å². The molecule has 1 heterocycles. The van der Waals surface area contributed by atoms with E-state index in [2.05, 4.69) is 4.98 Å². The summed E-state index contributed by atoms with van der Waals surface area (Å²) in [6.07, 6.45) is 1.29. The largest absolute Gasteiger partial charge is 0.443 e. The van der Waals surface area contributed by atoms with Crippen molar-refractivity contribution in [2.24, 2.45) is 0 Å². The summed E-state index contributed by atoms with van der Waals surface area (Å²) in [4.78, 5) is 14.5. The average Bonchev–Trinajstić information content (AvgIpc) is 2.75. The van der Waals surface area contributed by atoms with Crippen molar-refractivity contribution in [2.45, 2.75) is 0 Å². The third kappa shape index (κ3) is 1.08. The Morgan fingerprint density at radius 3 is 2.75 bits per heavy atom. The van der Waals surface area contributed by atoms with E-state index in [-0.39, 0.29) is 5.69 Å². The molecule has 0 fully saturated rings. The fraction of sp³-hybridized carbons (Fsp3) is 0. The molecule has 0 amide bonds. The third-order valence-electron chi connectivity index (χ3n) is 2.51. The van der Waals surface area contributed by atoms with E-state index in [1.54, 1.807) is 18.2 Å². The Labute approximate surface area is 89.5 Å². The molecule has 16 heavy (non-hydrogen) atoms. The highest BCUT2D eigenvalue weighted by Gasteiger charge is 2.16. The van der Waals surface area contributed by atoms with Crippen LogP contribution in [0.15, 0.2) is 41.1 Å². The highest BCUT2D eigenvalue weighted by Crippen LogP contribution is 2.32. The molecule has 0 radical (unpaired) electrons. The van der Waals surface area contributed by atoms with Crippen molar-refractivity contribution >= 4 is 27.6 Å². The molecule has 0 unspecified atom stereocenters. The van der Waals surface area contributed by atoms with Crippen LogP contribution < -0.4 is 0 Å². The second-order valence-corrected chi connectivity index (χ2v) is 3.40. The number of hydrogen-bond donors (Lipinski definition) is 0. The highest BCUT2D eigenvalue weighted by molar-refractivity contribution is 6.07. The van der Waals surface area contributed by atoms with Crippen LogP contribution in [-0.4, -0.2) is 9.91 Å². The number of nitro benzene ring substituents is 1. The number of benzene rings is 2. The van der Waals surface area contributed by atoms with E-state index in [0.29, 0.717) is 21.9 Å². The van der Waals surface area contributed by atoms with Gasteiger partial charge in [0.25, 0.3) is 5.69 Å². The highest BCUT2D eigenvalue weighted by atomic mass is 16.6. The van der Waals surface area contributed by atoms with Crippen LogP contribution >= 0.6 is 0 Å². The maximum atomic E-state index is 10.9. The van der Waals surface area contributed by atoms with Crippen LogP contribution in [0, 0.1) is 10.1 Å². The number of rotatable bonds is 1. The third-order valence-corrected chi connectivity index (χ3v) is 2.51. The van der Waals surface area contributed by atoms with Crippen molar-refractivity contribution in [1.82, 2.24) is 4.98 Å². The Hall–Kier alpha value is -2.43. The Morgan fingerprint density at radius 2 is 2.00 bits per heavy atom. The van der Waals surface area contributed by atoms with Crippen LogP contribution in [0.5, 0.6) is 0 Å². The monoisotopic (exact) mass is 214 g/mol. The standard InChI is InChI=1S/C11H6N2O3/c14-13(15)10-5-9-11(16-6-12-9)8-4-2-1-3-7(8)10/h1-6H. The molecule has 0 saturated heterocycles. The molecule has 0 bridgehead atoms. The Balaban J connectivity index is 2.60. The van der Waals surface area contributed by atoms with Crippen molar-refractivity contribution in [3.8, 4) is 0 Å². The fourth-order valence-corrected chi connectivity index (χ4v) is 1.82. The van der Waals surface area contributed by atoms with Crippen LogP contribution in [0.25, 0.3) is 21.9 Å². The van der Waals surface area contributed by atoms with Gasteiger partial charge in [0.1, 0.15) is 5.52 Å². The lowest BCUT2D eigenvalue weighted by atomic mass is 10.1. The molecule has 5 nitrogen and oxygen atoms in total. The molecule has 2 aromatic carbocycles. The molecule has 0 aliphatic rings. The second-order valence-electron chi connectivity index (χ2n) is 3.40. The molecule has 0 saturated carbocycles. The summed E-state index contributed by atoms with van der Waals surface area (Å²) >= 11 is 0. The van der Waals surface area contributed by atoms with Gasteiger partial charge in [0.05, 0.1) is 10.3 Å². The van der Waals surface area contributed by atoms with Gasteiger partial charge in [0.15, 0.2) is 12.0 Å². The van der Waals surface area contributed by atoms with Gasteiger partial charge in [-0.2, -0.15) is 0 Å². The Bertz CT molecular complexity index is 703. The van der Waals surface area contributed by atoms with Crippen LogP contribution in [0.4, 0.5) is 5.69 Å². The van der Waals surface area contributed by atoms with Crippen molar-refractivity contribution in [3.63, 3.8) is 0 Å². The minimum Gasteiger partial charge on any atom is -0.443 e. The number of nitrogens with zero attached hydrogens (tertiary/aromatic N) is 2. The van der Waals surface area contributed by atoms with E-state index in [1.807, 2.05) is 6.07 Å². The Morgan fingerprint density at radius 1 is 1.25 bits per heavy atom. The zero-order chi connectivity index (χ0) is 11.1. The Kier molecular flexibility index (Phi) is 1.67. The number of nitro groups is 1. The fourth-order valence-electron chi connectivity index (χ4n) is 1.82. The molecule has 3 rings (SSSR count). The van der Waals surface area contributed by atoms with Gasteiger partial charge in [0.2, 0.25) is 0 Å². The number of non-ortho nitro benzene ring substituents is 1. The van der Waals surface area contributed by atoms with Gasteiger partial charge in [-0.1, -0.05) is 18.2 Å². The van der Waals surface area contributed by atoms with Gasteiger partial charge in [-0.15, -0.1) is 0 Å². The van der Waals surface area contributed by atoms with Gasteiger partial charge in [-0.25, -0.2) is 4.98 Å². The van der Waals surface area contributed by atoms with E-state index in [4.69, 9.17) is 4.42 Å². The second kappa shape index (κ2) is 3.03. The molecular weight excluding hydrogens is 208 g/mol. The van der Waals surface area contributed by atoms with E-state index in [1.165, 1.54) is 12.5 Å².